The molecule has 1 fully saturated rings. The van der Waals surface area contributed by atoms with Gasteiger partial charge in [-0.15, -0.1) is 0 Å². The van der Waals surface area contributed by atoms with Crippen molar-refractivity contribution in [3.8, 4) is 0 Å². The fraction of sp³-hybridized carbons (Fsp3) is 1.00. The highest BCUT2D eigenvalue weighted by Gasteiger charge is 2.23. The van der Waals surface area contributed by atoms with Crippen LogP contribution in [0.3, 0.4) is 0 Å². The van der Waals surface area contributed by atoms with E-state index in [4.69, 9.17) is 0 Å². The molecule has 2 atom stereocenters. The van der Waals surface area contributed by atoms with Gasteiger partial charge in [0.2, 0.25) is 0 Å². The second-order valence-electron chi connectivity index (χ2n) is 5.58. The molecule has 1 N–H and O–H groups in total. The first-order chi connectivity index (χ1) is 8.15. The van der Waals surface area contributed by atoms with E-state index in [2.05, 4.69) is 42.9 Å². The molecule has 17 heavy (non-hydrogen) atoms. The Balaban J connectivity index is 2.12. The SMILES string of the molecule is CCCCCNCC(C)N1CCN(C)C(C)C1. The number of unbranched alkanes of at least 4 members (excludes halogenated alkanes) is 2. The number of likely N-dealkylation sites (N-methyl/N-ethyl adjacent to an activating group) is 1. The summed E-state index contributed by atoms with van der Waals surface area (Å²) < 4.78 is 0. The zero-order chi connectivity index (χ0) is 12.7. The molecule has 102 valence electrons. The minimum atomic E-state index is 0.674. The third-order valence-corrected chi connectivity index (χ3v) is 4.01. The first kappa shape index (κ1) is 14.9. The minimum Gasteiger partial charge on any atom is -0.315 e. The summed E-state index contributed by atoms with van der Waals surface area (Å²) >= 11 is 0. The molecule has 3 heteroatoms. The van der Waals surface area contributed by atoms with E-state index >= 15 is 0 Å². The molecule has 0 amide bonds. The third-order valence-electron chi connectivity index (χ3n) is 4.01. The third kappa shape index (κ3) is 5.36. The van der Waals surface area contributed by atoms with Crippen molar-refractivity contribution in [3.63, 3.8) is 0 Å². The van der Waals surface area contributed by atoms with Crippen molar-refractivity contribution >= 4 is 0 Å². The second kappa shape index (κ2) is 8.06. The lowest BCUT2D eigenvalue weighted by Gasteiger charge is -2.40. The molecule has 0 aliphatic carbocycles. The van der Waals surface area contributed by atoms with E-state index in [1.165, 1.54) is 45.4 Å². The largest absolute Gasteiger partial charge is 0.315 e. The molecule has 0 saturated carbocycles. The number of nitrogens with zero attached hydrogens (tertiary/aromatic N) is 2. The lowest BCUT2D eigenvalue weighted by molar-refractivity contribution is 0.0773. The average molecular weight is 241 g/mol. The van der Waals surface area contributed by atoms with E-state index in [0.29, 0.717) is 12.1 Å². The molecule has 1 heterocycles. The van der Waals surface area contributed by atoms with Crippen LogP contribution in [0.25, 0.3) is 0 Å². The fourth-order valence-electron chi connectivity index (χ4n) is 2.42. The van der Waals surface area contributed by atoms with E-state index in [0.717, 1.165) is 6.54 Å². The van der Waals surface area contributed by atoms with Crippen molar-refractivity contribution in [2.75, 3.05) is 39.8 Å². The first-order valence-electron chi connectivity index (χ1n) is 7.30. The van der Waals surface area contributed by atoms with Crippen LogP contribution >= 0.6 is 0 Å². The summed E-state index contributed by atoms with van der Waals surface area (Å²) in [4.78, 5) is 5.08. The molecule has 1 aliphatic rings. The number of rotatable bonds is 7. The number of nitrogens with one attached hydrogen (secondary N) is 1. The van der Waals surface area contributed by atoms with Gasteiger partial charge in [-0.05, 0) is 33.9 Å². The Hall–Kier alpha value is -0.120. The maximum atomic E-state index is 3.59. The van der Waals surface area contributed by atoms with Gasteiger partial charge in [0.15, 0.2) is 0 Å². The normalized spacial score (nSPS) is 25.1. The maximum absolute atomic E-state index is 3.59. The lowest BCUT2D eigenvalue weighted by Crippen LogP contribution is -2.54. The molecule has 1 saturated heterocycles. The Morgan fingerprint density at radius 3 is 2.71 bits per heavy atom. The van der Waals surface area contributed by atoms with Crippen LogP contribution in [0.5, 0.6) is 0 Å². The Morgan fingerprint density at radius 1 is 1.29 bits per heavy atom. The molecular formula is C14H31N3. The van der Waals surface area contributed by atoms with E-state index in [-0.39, 0.29) is 0 Å². The zero-order valence-corrected chi connectivity index (χ0v) is 12.2. The van der Waals surface area contributed by atoms with E-state index in [9.17, 15) is 0 Å². The van der Waals surface area contributed by atoms with Gasteiger partial charge in [0.05, 0.1) is 0 Å². The van der Waals surface area contributed by atoms with Crippen LogP contribution in [-0.4, -0.2) is 61.7 Å². The molecule has 3 nitrogen and oxygen atoms in total. The molecule has 1 rings (SSSR count). The summed E-state index contributed by atoms with van der Waals surface area (Å²) in [6, 6.07) is 1.37. The Bertz CT molecular complexity index is 196. The van der Waals surface area contributed by atoms with Gasteiger partial charge < -0.3 is 10.2 Å². The van der Waals surface area contributed by atoms with Crippen molar-refractivity contribution in [3.05, 3.63) is 0 Å². The molecule has 2 unspecified atom stereocenters. The van der Waals surface area contributed by atoms with Crippen molar-refractivity contribution in [2.45, 2.75) is 52.1 Å². The summed E-state index contributed by atoms with van der Waals surface area (Å²) in [5.41, 5.74) is 0. The molecule has 0 aromatic rings. The quantitative estimate of drug-likeness (QED) is 0.686. The maximum Gasteiger partial charge on any atom is 0.0193 e. The predicted molar refractivity (Wildman–Crippen MR) is 75.5 cm³/mol. The number of piperazine rings is 1. The molecule has 0 bridgehead atoms. The van der Waals surface area contributed by atoms with Crippen molar-refractivity contribution in [1.29, 1.82) is 0 Å². The smallest absolute Gasteiger partial charge is 0.0193 e. The summed E-state index contributed by atoms with van der Waals surface area (Å²) in [7, 11) is 2.23. The van der Waals surface area contributed by atoms with Crippen molar-refractivity contribution in [1.82, 2.24) is 15.1 Å². The molecule has 0 radical (unpaired) electrons. The Kier molecular flexibility index (Phi) is 7.09. The highest BCUT2D eigenvalue weighted by Crippen LogP contribution is 2.09. The summed E-state index contributed by atoms with van der Waals surface area (Å²) in [6.07, 6.45) is 3.99. The van der Waals surface area contributed by atoms with Crippen LogP contribution in [0.1, 0.15) is 40.0 Å². The van der Waals surface area contributed by atoms with E-state index in [1.54, 1.807) is 0 Å². The topological polar surface area (TPSA) is 18.5 Å². The van der Waals surface area contributed by atoms with Crippen molar-refractivity contribution < 1.29 is 0 Å². The highest BCUT2D eigenvalue weighted by molar-refractivity contribution is 4.80. The van der Waals surface area contributed by atoms with Crippen molar-refractivity contribution in [2.24, 2.45) is 0 Å². The van der Waals surface area contributed by atoms with Gasteiger partial charge in [-0.3, -0.25) is 4.90 Å². The Labute approximate surface area is 108 Å². The molecular weight excluding hydrogens is 210 g/mol. The van der Waals surface area contributed by atoms with Crippen LogP contribution in [0.15, 0.2) is 0 Å². The number of hydrogen-bond donors (Lipinski definition) is 1. The molecule has 0 aromatic heterocycles. The van der Waals surface area contributed by atoms with Crippen LogP contribution in [0, 0.1) is 0 Å². The summed E-state index contributed by atoms with van der Waals surface area (Å²) in [6.45, 7) is 12.9. The number of hydrogen-bond acceptors (Lipinski definition) is 3. The second-order valence-corrected chi connectivity index (χ2v) is 5.58. The average Bonchev–Trinajstić information content (AvgIpc) is 2.32. The van der Waals surface area contributed by atoms with Crippen LogP contribution < -0.4 is 5.32 Å². The summed E-state index contributed by atoms with van der Waals surface area (Å²) in [5.74, 6) is 0. The van der Waals surface area contributed by atoms with Gasteiger partial charge in [-0.2, -0.15) is 0 Å². The van der Waals surface area contributed by atoms with Gasteiger partial charge in [0.1, 0.15) is 0 Å². The highest BCUT2D eigenvalue weighted by atomic mass is 15.3. The van der Waals surface area contributed by atoms with Gasteiger partial charge in [-0.1, -0.05) is 19.8 Å². The van der Waals surface area contributed by atoms with Gasteiger partial charge in [0, 0.05) is 38.3 Å². The minimum absolute atomic E-state index is 0.674. The van der Waals surface area contributed by atoms with Crippen LogP contribution in [-0.2, 0) is 0 Å². The van der Waals surface area contributed by atoms with E-state index < -0.39 is 0 Å². The zero-order valence-electron chi connectivity index (χ0n) is 12.2. The fourth-order valence-corrected chi connectivity index (χ4v) is 2.42. The summed E-state index contributed by atoms with van der Waals surface area (Å²) in [5, 5.41) is 3.59. The van der Waals surface area contributed by atoms with E-state index in [1.807, 2.05) is 0 Å². The molecule has 1 aliphatic heterocycles. The van der Waals surface area contributed by atoms with Crippen LogP contribution in [0.4, 0.5) is 0 Å². The van der Waals surface area contributed by atoms with Crippen LogP contribution in [0.2, 0.25) is 0 Å². The lowest BCUT2D eigenvalue weighted by atomic mass is 10.1. The standard InChI is InChI=1S/C14H31N3/c1-5-6-7-8-15-11-13(2)17-10-9-16(4)14(3)12-17/h13-15H,5-12H2,1-4H3. The molecule has 0 spiro atoms. The van der Waals surface area contributed by atoms with Gasteiger partial charge in [0.25, 0.3) is 0 Å². The monoisotopic (exact) mass is 241 g/mol. The van der Waals surface area contributed by atoms with Gasteiger partial charge >= 0.3 is 0 Å². The predicted octanol–water partition coefficient (Wildman–Crippen LogP) is 1.79. The van der Waals surface area contributed by atoms with Gasteiger partial charge in [-0.25, -0.2) is 0 Å². The molecule has 0 aromatic carbocycles. The Morgan fingerprint density at radius 2 is 2.06 bits per heavy atom. The first-order valence-corrected chi connectivity index (χ1v) is 7.30.